The lowest BCUT2D eigenvalue weighted by molar-refractivity contribution is -0.126. The Labute approximate surface area is 143 Å². The molecule has 3 aliphatic rings. The van der Waals surface area contributed by atoms with Gasteiger partial charge in [-0.25, -0.2) is 0 Å². The number of rotatable bonds is 3. The van der Waals surface area contributed by atoms with E-state index < -0.39 is 0 Å². The lowest BCUT2D eigenvalue weighted by atomic mass is 9.96. The second kappa shape index (κ2) is 6.67. The van der Waals surface area contributed by atoms with E-state index in [1.165, 1.54) is 24.1 Å². The van der Waals surface area contributed by atoms with Gasteiger partial charge in [-0.05, 0) is 63.6 Å². The summed E-state index contributed by atoms with van der Waals surface area (Å²) in [6, 6.07) is 2.68. The molecule has 6 nitrogen and oxygen atoms in total. The monoisotopic (exact) mass is 329 g/mol. The molecule has 130 valence electrons. The number of hydrogen-bond donors (Lipinski definition) is 1. The highest BCUT2D eigenvalue weighted by Gasteiger charge is 2.37. The lowest BCUT2D eigenvalue weighted by Gasteiger charge is -2.46. The summed E-state index contributed by atoms with van der Waals surface area (Å²) >= 11 is 0. The number of nitrogens with one attached hydrogen (secondary N) is 1. The molecule has 1 atom stereocenters. The molecule has 1 amide bonds. The number of amides is 1. The van der Waals surface area contributed by atoms with Gasteiger partial charge in [0.05, 0.1) is 11.7 Å². The van der Waals surface area contributed by atoms with E-state index in [1.807, 2.05) is 0 Å². The Morgan fingerprint density at radius 1 is 1.17 bits per heavy atom. The smallest absolute Gasteiger partial charge is 0.237 e. The van der Waals surface area contributed by atoms with E-state index in [0.29, 0.717) is 6.04 Å². The Balaban J connectivity index is 1.38. The molecule has 2 aliphatic heterocycles. The minimum Gasteiger partial charge on any atom is -0.355 e. The summed E-state index contributed by atoms with van der Waals surface area (Å²) in [5, 5.41) is 11.9. The number of aryl methyl sites for hydroxylation is 2. The van der Waals surface area contributed by atoms with Crippen LogP contribution >= 0.6 is 0 Å². The van der Waals surface area contributed by atoms with Crippen LogP contribution in [0.5, 0.6) is 0 Å². The van der Waals surface area contributed by atoms with Gasteiger partial charge in [0.25, 0.3) is 0 Å². The average Bonchev–Trinajstić information content (AvgIpc) is 2.77. The fourth-order valence-corrected chi connectivity index (χ4v) is 4.10. The molecule has 1 unspecified atom stereocenters. The van der Waals surface area contributed by atoms with Gasteiger partial charge in [0.15, 0.2) is 5.82 Å². The van der Waals surface area contributed by atoms with Crippen LogP contribution in [0.2, 0.25) is 0 Å². The van der Waals surface area contributed by atoms with E-state index in [1.54, 1.807) is 0 Å². The van der Waals surface area contributed by atoms with Crippen LogP contribution in [0.4, 0.5) is 5.82 Å². The molecule has 1 aromatic rings. The molecule has 3 heterocycles. The van der Waals surface area contributed by atoms with Gasteiger partial charge in [-0.3, -0.25) is 9.69 Å². The first kappa shape index (κ1) is 15.8. The Kier molecular flexibility index (Phi) is 4.39. The Morgan fingerprint density at radius 2 is 2.00 bits per heavy atom. The quantitative estimate of drug-likeness (QED) is 0.901. The number of carbonyl (C=O) groups excluding carboxylic acids is 1. The van der Waals surface area contributed by atoms with Crippen molar-refractivity contribution in [2.24, 2.45) is 0 Å². The van der Waals surface area contributed by atoms with Crippen molar-refractivity contribution in [3.05, 3.63) is 17.3 Å². The van der Waals surface area contributed by atoms with Gasteiger partial charge in [-0.2, -0.15) is 5.10 Å². The van der Waals surface area contributed by atoms with Crippen LogP contribution in [0.1, 0.15) is 43.4 Å². The maximum atomic E-state index is 12.2. The Morgan fingerprint density at radius 3 is 2.88 bits per heavy atom. The number of hydrogen-bond acceptors (Lipinski definition) is 5. The molecule has 1 N–H and O–H groups in total. The van der Waals surface area contributed by atoms with Crippen LogP contribution < -0.4 is 10.2 Å². The number of aromatic nitrogens is 2. The molecule has 0 aromatic carbocycles. The first-order valence-electron chi connectivity index (χ1n) is 9.32. The molecule has 1 aromatic heterocycles. The van der Waals surface area contributed by atoms with Crippen molar-refractivity contribution in [1.82, 2.24) is 20.4 Å². The average molecular weight is 329 g/mol. The SMILES string of the molecule is CN(C1CN(c2cc3c(nn2)CCCC3)C1)C1CCCCNC1=O. The highest BCUT2D eigenvalue weighted by Crippen LogP contribution is 2.27. The summed E-state index contributed by atoms with van der Waals surface area (Å²) in [5.74, 6) is 1.20. The van der Waals surface area contributed by atoms with Crippen LogP contribution in [0.15, 0.2) is 6.07 Å². The molecular formula is C18H27N5O. The number of fused-ring (bicyclic) bond motifs is 1. The number of anilines is 1. The predicted octanol–water partition coefficient (Wildman–Crippen LogP) is 1.14. The van der Waals surface area contributed by atoms with Crippen molar-refractivity contribution >= 4 is 11.7 Å². The van der Waals surface area contributed by atoms with Crippen molar-refractivity contribution in [2.45, 2.75) is 57.0 Å². The molecule has 0 spiro atoms. The highest BCUT2D eigenvalue weighted by atomic mass is 16.2. The van der Waals surface area contributed by atoms with Crippen molar-refractivity contribution in [3.63, 3.8) is 0 Å². The summed E-state index contributed by atoms with van der Waals surface area (Å²) in [6.07, 6.45) is 7.90. The van der Waals surface area contributed by atoms with E-state index >= 15 is 0 Å². The third-order valence-electron chi connectivity index (χ3n) is 5.82. The van der Waals surface area contributed by atoms with Crippen molar-refractivity contribution in [3.8, 4) is 0 Å². The molecule has 0 saturated carbocycles. The zero-order chi connectivity index (χ0) is 16.5. The maximum Gasteiger partial charge on any atom is 0.237 e. The van der Waals surface area contributed by atoms with Gasteiger partial charge in [0, 0.05) is 25.7 Å². The molecular weight excluding hydrogens is 302 g/mol. The third-order valence-corrected chi connectivity index (χ3v) is 5.82. The zero-order valence-electron chi connectivity index (χ0n) is 14.5. The van der Waals surface area contributed by atoms with Crippen LogP contribution in [-0.4, -0.2) is 59.8 Å². The first-order chi connectivity index (χ1) is 11.7. The van der Waals surface area contributed by atoms with E-state index in [9.17, 15) is 4.79 Å². The second-order valence-electron chi connectivity index (χ2n) is 7.41. The van der Waals surface area contributed by atoms with E-state index in [2.05, 4.69) is 38.4 Å². The normalized spacial score (nSPS) is 25.0. The summed E-state index contributed by atoms with van der Waals surface area (Å²) in [6.45, 7) is 2.70. The molecule has 24 heavy (non-hydrogen) atoms. The van der Waals surface area contributed by atoms with Gasteiger partial charge in [0.2, 0.25) is 5.91 Å². The molecule has 0 bridgehead atoms. The highest BCUT2D eigenvalue weighted by molar-refractivity contribution is 5.82. The predicted molar refractivity (Wildman–Crippen MR) is 93.1 cm³/mol. The van der Waals surface area contributed by atoms with Crippen molar-refractivity contribution in [1.29, 1.82) is 0 Å². The van der Waals surface area contributed by atoms with E-state index in [4.69, 9.17) is 0 Å². The second-order valence-corrected chi connectivity index (χ2v) is 7.41. The molecule has 6 heteroatoms. The molecule has 2 saturated heterocycles. The van der Waals surface area contributed by atoms with Crippen LogP contribution in [0.25, 0.3) is 0 Å². The largest absolute Gasteiger partial charge is 0.355 e. The van der Waals surface area contributed by atoms with Crippen LogP contribution in [0.3, 0.4) is 0 Å². The fourth-order valence-electron chi connectivity index (χ4n) is 4.10. The van der Waals surface area contributed by atoms with E-state index in [-0.39, 0.29) is 11.9 Å². The molecule has 0 radical (unpaired) electrons. The zero-order valence-corrected chi connectivity index (χ0v) is 14.5. The summed E-state index contributed by atoms with van der Waals surface area (Å²) < 4.78 is 0. The number of likely N-dealkylation sites (N-methyl/N-ethyl adjacent to an activating group) is 1. The minimum atomic E-state index is 0.0225. The Bertz CT molecular complexity index is 613. The molecule has 4 rings (SSSR count). The third kappa shape index (κ3) is 2.99. The topological polar surface area (TPSA) is 61.4 Å². The van der Waals surface area contributed by atoms with Crippen LogP contribution in [0, 0.1) is 0 Å². The molecule has 1 aliphatic carbocycles. The van der Waals surface area contributed by atoms with Gasteiger partial charge in [-0.1, -0.05) is 0 Å². The summed E-state index contributed by atoms with van der Waals surface area (Å²) in [7, 11) is 2.09. The first-order valence-corrected chi connectivity index (χ1v) is 9.32. The van der Waals surface area contributed by atoms with Crippen molar-refractivity contribution < 1.29 is 4.79 Å². The van der Waals surface area contributed by atoms with Gasteiger partial charge >= 0.3 is 0 Å². The molecule has 2 fully saturated rings. The maximum absolute atomic E-state index is 12.2. The standard InChI is InChI=1S/C18H27N5O/c1-22(16-8-4-5-9-19-18(16)24)14-11-23(12-14)17-10-13-6-2-3-7-15(13)20-21-17/h10,14,16H,2-9,11-12H2,1H3,(H,19,24). The summed E-state index contributed by atoms with van der Waals surface area (Å²) in [4.78, 5) is 16.8. The fraction of sp³-hybridized carbons (Fsp3) is 0.722. The van der Waals surface area contributed by atoms with Gasteiger partial charge in [0.1, 0.15) is 0 Å². The number of nitrogens with zero attached hydrogens (tertiary/aromatic N) is 4. The minimum absolute atomic E-state index is 0.0225. The Hall–Kier alpha value is -1.69. The number of carbonyl (C=O) groups is 1. The van der Waals surface area contributed by atoms with Gasteiger partial charge in [-0.15, -0.1) is 5.10 Å². The van der Waals surface area contributed by atoms with Crippen molar-refractivity contribution in [2.75, 3.05) is 31.6 Å². The van der Waals surface area contributed by atoms with Gasteiger partial charge < -0.3 is 10.2 Å². The van der Waals surface area contributed by atoms with E-state index in [0.717, 1.165) is 57.6 Å². The van der Waals surface area contributed by atoms with Crippen LogP contribution in [-0.2, 0) is 17.6 Å². The summed E-state index contributed by atoms with van der Waals surface area (Å²) in [5.41, 5.74) is 2.57. The lowest BCUT2D eigenvalue weighted by Crippen LogP contribution is -2.62.